The maximum absolute atomic E-state index is 5.24. The molecule has 0 aliphatic heterocycles. The minimum absolute atomic E-state index is 0.648. The van der Waals surface area contributed by atoms with Gasteiger partial charge in [-0.2, -0.15) is 0 Å². The molecule has 0 bridgehead atoms. The highest BCUT2D eigenvalue weighted by molar-refractivity contribution is 4.90. The number of nitrogens with zero attached hydrogens (tertiary/aromatic N) is 1. The first kappa shape index (κ1) is 8.82. The van der Waals surface area contributed by atoms with Gasteiger partial charge in [-0.15, -0.1) is 12.3 Å². The van der Waals surface area contributed by atoms with Crippen LogP contribution in [0.4, 0.5) is 0 Å². The Morgan fingerprint density at radius 1 is 1.75 bits per heavy atom. The Labute approximate surface area is 72.2 Å². The summed E-state index contributed by atoms with van der Waals surface area (Å²) in [5.41, 5.74) is 0. The quantitative estimate of drug-likeness (QED) is 0.535. The van der Waals surface area contributed by atoms with Crippen LogP contribution in [-0.2, 0) is 6.54 Å². The van der Waals surface area contributed by atoms with Crippen LogP contribution >= 0.6 is 0 Å². The number of aromatic nitrogens is 1. The molecule has 64 valence electrons. The van der Waals surface area contributed by atoms with Crippen molar-refractivity contribution >= 4 is 0 Å². The topological polar surface area (TPSA) is 38.1 Å². The van der Waals surface area contributed by atoms with Gasteiger partial charge in [-0.1, -0.05) is 0 Å². The van der Waals surface area contributed by atoms with Gasteiger partial charge in [0.2, 0.25) is 5.89 Å². The third-order valence-corrected chi connectivity index (χ3v) is 1.39. The summed E-state index contributed by atoms with van der Waals surface area (Å²) in [4.78, 5) is 4.03. The van der Waals surface area contributed by atoms with Crippen LogP contribution in [-0.4, -0.2) is 11.5 Å². The van der Waals surface area contributed by atoms with Crippen LogP contribution in [0.1, 0.15) is 18.1 Å². The minimum atomic E-state index is 0.648. The standard InChI is InChI=1S/C9H12N2O/c1-3-4-5-10-7-9-11-6-8(2)12-9/h1,6,10H,4-5,7H2,2H3. The summed E-state index contributed by atoms with van der Waals surface area (Å²) in [7, 11) is 0. The van der Waals surface area contributed by atoms with Gasteiger partial charge < -0.3 is 9.73 Å². The van der Waals surface area contributed by atoms with Crippen molar-refractivity contribution in [1.82, 2.24) is 10.3 Å². The normalized spacial score (nSPS) is 9.67. The average Bonchev–Trinajstić information content (AvgIpc) is 2.45. The molecule has 3 nitrogen and oxygen atoms in total. The second-order valence-electron chi connectivity index (χ2n) is 2.50. The molecule has 0 unspecified atom stereocenters. The van der Waals surface area contributed by atoms with Crippen LogP contribution in [0.5, 0.6) is 0 Å². The van der Waals surface area contributed by atoms with Crippen LogP contribution in [0, 0.1) is 19.3 Å². The monoisotopic (exact) mass is 164 g/mol. The second kappa shape index (κ2) is 4.58. The lowest BCUT2D eigenvalue weighted by molar-refractivity contribution is 0.451. The fourth-order valence-electron chi connectivity index (χ4n) is 0.839. The summed E-state index contributed by atoms with van der Waals surface area (Å²) in [6.45, 7) is 3.32. The van der Waals surface area contributed by atoms with Crippen molar-refractivity contribution in [2.45, 2.75) is 19.9 Å². The summed E-state index contributed by atoms with van der Waals surface area (Å²) in [6.07, 6.45) is 7.53. The van der Waals surface area contributed by atoms with Gasteiger partial charge in [0.25, 0.3) is 0 Å². The maximum Gasteiger partial charge on any atom is 0.208 e. The van der Waals surface area contributed by atoms with E-state index in [1.165, 1.54) is 0 Å². The van der Waals surface area contributed by atoms with Gasteiger partial charge in [-0.25, -0.2) is 4.98 Å². The van der Waals surface area contributed by atoms with E-state index in [1.807, 2.05) is 6.92 Å². The predicted molar refractivity (Wildman–Crippen MR) is 46.4 cm³/mol. The first-order valence-electron chi connectivity index (χ1n) is 3.88. The molecule has 1 heterocycles. The van der Waals surface area contributed by atoms with Crippen LogP contribution in [0.3, 0.4) is 0 Å². The van der Waals surface area contributed by atoms with E-state index in [0.717, 1.165) is 18.7 Å². The van der Waals surface area contributed by atoms with Gasteiger partial charge in [0, 0.05) is 13.0 Å². The third kappa shape index (κ3) is 2.77. The molecule has 1 aromatic heterocycles. The van der Waals surface area contributed by atoms with Gasteiger partial charge in [0.05, 0.1) is 12.7 Å². The molecule has 0 amide bonds. The van der Waals surface area contributed by atoms with Crippen LogP contribution in [0.15, 0.2) is 10.6 Å². The smallest absolute Gasteiger partial charge is 0.208 e. The van der Waals surface area contributed by atoms with Crippen LogP contribution < -0.4 is 5.32 Å². The Morgan fingerprint density at radius 2 is 2.58 bits per heavy atom. The second-order valence-corrected chi connectivity index (χ2v) is 2.50. The molecule has 0 radical (unpaired) electrons. The summed E-state index contributed by atoms with van der Waals surface area (Å²) in [5, 5.41) is 3.12. The Morgan fingerprint density at radius 3 is 3.17 bits per heavy atom. The zero-order valence-electron chi connectivity index (χ0n) is 7.13. The SMILES string of the molecule is C#CCCNCc1ncc(C)o1. The molecule has 0 saturated carbocycles. The number of hydrogen-bond donors (Lipinski definition) is 1. The highest BCUT2D eigenvalue weighted by Gasteiger charge is 1.97. The molecule has 0 saturated heterocycles. The summed E-state index contributed by atoms with van der Waals surface area (Å²) in [6, 6.07) is 0. The summed E-state index contributed by atoms with van der Waals surface area (Å²) in [5.74, 6) is 4.09. The van der Waals surface area contributed by atoms with Crippen molar-refractivity contribution in [2.24, 2.45) is 0 Å². The van der Waals surface area contributed by atoms with Crippen molar-refractivity contribution in [3.8, 4) is 12.3 Å². The number of aryl methyl sites for hydroxylation is 1. The lowest BCUT2D eigenvalue weighted by Crippen LogP contribution is -2.14. The molecule has 0 aliphatic carbocycles. The van der Waals surface area contributed by atoms with Crippen molar-refractivity contribution in [3.05, 3.63) is 17.8 Å². The number of nitrogens with one attached hydrogen (secondary N) is 1. The fourth-order valence-corrected chi connectivity index (χ4v) is 0.839. The molecular weight excluding hydrogens is 152 g/mol. The highest BCUT2D eigenvalue weighted by Crippen LogP contribution is 2.00. The molecule has 0 atom stereocenters. The molecule has 1 rings (SSSR count). The zero-order chi connectivity index (χ0) is 8.81. The highest BCUT2D eigenvalue weighted by atomic mass is 16.4. The van der Waals surface area contributed by atoms with Gasteiger partial charge in [-0.05, 0) is 6.92 Å². The van der Waals surface area contributed by atoms with Crippen molar-refractivity contribution in [1.29, 1.82) is 0 Å². The lowest BCUT2D eigenvalue weighted by atomic mass is 10.4. The summed E-state index contributed by atoms with van der Waals surface area (Å²) < 4.78 is 5.24. The molecular formula is C9H12N2O. The fraction of sp³-hybridized carbons (Fsp3) is 0.444. The molecule has 12 heavy (non-hydrogen) atoms. The van der Waals surface area contributed by atoms with E-state index in [2.05, 4.69) is 16.2 Å². The van der Waals surface area contributed by atoms with E-state index in [0.29, 0.717) is 12.4 Å². The van der Waals surface area contributed by atoms with E-state index in [4.69, 9.17) is 10.8 Å². The molecule has 1 N–H and O–H groups in total. The molecule has 0 spiro atoms. The van der Waals surface area contributed by atoms with E-state index in [1.54, 1.807) is 6.20 Å². The number of rotatable bonds is 4. The Bertz CT molecular complexity index is 272. The van der Waals surface area contributed by atoms with E-state index >= 15 is 0 Å². The van der Waals surface area contributed by atoms with Gasteiger partial charge in [0.1, 0.15) is 5.76 Å². The number of terminal acetylenes is 1. The Hall–Kier alpha value is -1.27. The van der Waals surface area contributed by atoms with E-state index < -0.39 is 0 Å². The van der Waals surface area contributed by atoms with E-state index in [9.17, 15) is 0 Å². The number of hydrogen-bond acceptors (Lipinski definition) is 3. The van der Waals surface area contributed by atoms with Crippen LogP contribution in [0.25, 0.3) is 0 Å². The molecule has 0 aliphatic rings. The number of oxazole rings is 1. The van der Waals surface area contributed by atoms with Crippen molar-refractivity contribution in [2.75, 3.05) is 6.54 Å². The van der Waals surface area contributed by atoms with Crippen molar-refractivity contribution in [3.63, 3.8) is 0 Å². The van der Waals surface area contributed by atoms with Crippen molar-refractivity contribution < 1.29 is 4.42 Å². The zero-order valence-corrected chi connectivity index (χ0v) is 7.13. The maximum atomic E-state index is 5.24. The van der Waals surface area contributed by atoms with Gasteiger partial charge in [0.15, 0.2) is 0 Å². The first-order valence-corrected chi connectivity index (χ1v) is 3.88. The summed E-state index contributed by atoms with van der Waals surface area (Å²) >= 11 is 0. The molecule has 1 aromatic rings. The first-order chi connectivity index (χ1) is 5.83. The van der Waals surface area contributed by atoms with Gasteiger partial charge >= 0.3 is 0 Å². The molecule has 0 aromatic carbocycles. The van der Waals surface area contributed by atoms with Crippen LogP contribution in [0.2, 0.25) is 0 Å². The minimum Gasteiger partial charge on any atom is -0.445 e. The largest absolute Gasteiger partial charge is 0.445 e. The third-order valence-electron chi connectivity index (χ3n) is 1.39. The lowest BCUT2D eigenvalue weighted by Gasteiger charge is -1.96. The molecule has 0 fully saturated rings. The van der Waals surface area contributed by atoms with E-state index in [-0.39, 0.29) is 0 Å². The molecule has 3 heteroatoms. The Balaban J connectivity index is 2.21. The average molecular weight is 164 g/mol. The van der Waals surface area contributed by atoms with Gasteiger partial charge in [-0.3, -0.25) is 0 Å². The Kier molecular flexibility index (Phi) is 3.36. The predicted octanol–water partition coefficient (Wildman–Crippen LogP) is 1.10.